The Balaban J connectivity index is 5.78. The van der Waals surface area contributed by atoms with Crippen LogP contribution in [0.1, 0.15) is 41.5 Å². The van der Waals surface area contributed by atoms with E-state index in [1.165, 1.54) is 39.3 Å². The van der Waals surface area contributed by atoms with Gasteiger partial charge in [-0.3, -0.25) is 0 Å². The third kappa shape index (κ3) is 5.76. The monoisotopic (exact) mass is 376 g/mol. The van der Waals surface area contributed by atoms with Crippen molar-refractivity contribution in [2.45, 2.75) is 67.7 Å². The van der Waals surface area contributed by atoms with E-state index in [1.54, 1.807) is 0 Å². The van der Waals surface area contributed by atoms with E-state index in [1.807, 2.05) is 0 Å². The molecule has 0 aliphatic rings. The maximum absolute atomic E-state index is 3.12. The molecule has 0 N–H and O–H groups in total. The molecular formula is C16H44N4Si3. The van der Waals surface area contributed by atoms with Crippen molar-refractivity contribution >= 4 is 26.6 Å². The fraction of sp³-hybridized carbons (Fsp3) is 1.00. The van der Waals surface area contributed by atoms with Crippen LogP contribution in [0.25, 0.3) is 0 Å². The Morgan fingerprint density at radius 1 is 0.609 bits per heavy atom. The smallest absolute Gasteiger partial charge is 0.188 e. The maximum Gasteiger partial charge on any atom is 0.188 e. The molecule has 23 heavy (non-hydrogen) atoms. The SMILES string of the molecule is CCN(CC)[SiH](C)N([SiH](C)N(CC)CC)[Si](C)(C)N(CC)CC. The second kappa shape index (κ2) is 11.2. The minimum atomic E-state index is -1.57. The van der Waals surface area contributed by atoms with Crippen LogP contribution in [-0.4, -0.2) is 83.5 Å². The Kier molecular flexibility index (Phi) is 11.4. The minimum absolute atomic E-state index is 1.08. The topological polar surface area (TPSA) is 13.0 Å². The van der Waals surface area contributed by atoms with Crippen LogP contribution in [0.5, 0.6) is 0 Å². The van der Waals surface area contributed by atoms with Crippen molar-refractivity contribution in [3.8, 4) is 0 Å². The molecule has 2 atom stereocenters. The third-order valence-corrected chi connectivity index (χ3v) is 22.9. The minimum Gasteiger partial charge on any atom is -0.337 e. The number of nitrogens with zero attached hydrogens (tertiary/aromatic N) is 4. The Morgan fingerprint density at radius 2 is 0.913 bits per heavy atom. The van der Waals surface area contributed by atoms with Crippen molar-refractivity contribution in [1.29, 1.82) is 0 Å². The van der Waals surface area contributed by atoms with Crippen LogP contribution >= 0.6 is 0 Å². The summed E-state index contributed by atoms with van der Waals surface area (Å²) in [5.41, 5.74) is 0. The fourth-order valence-electron chi connectivity index (χ4n) is 4.24. The van der Waals surface area contributed by atoms with Crippen molar-refractivity contribution in [3.63, 3.8) is 0 Å². The van der Waals surface area contributed by atoms with E-state index < -0.39 is 26.6 Å². The molecule has 0 aliphatic heterocycles. The lowest BCUT2D eigenvalue weighted by atomic mass is 10.7. The van der Waals surface area contributed by atoms with Crippen LogP contribution in [0.3, 0.4) is 0 Å². The summed E-state index contributed by atoms with van der Waals surface area (Å²) in [4.78, 5) is 0. The number of rotatable bonds is 12. The predicted octanol–water partition coefficient (Wildman–Crippen LogP) is 2.72. The molecule has 7 heteroatoms. The van der Waals surface area contributed by atoms with Crippen molar-refractivity contribution in [2.75, 3.05) is 39.3 Å². The quantitative estimate of drug-likeness (QED) is 0.485. The molecule has 0 spiro atoms. The second-order valence-electron chi connectivity index (χ2n) is 6.78. The Bertz CT molecular complexity index is 288. The van der Waals surface area contributed by atoms with Crippen LogP contribution in [0, 0.1) is 0 Å². The largest absolute Gasteiger partial charge is 0.337 e. The van der Waals surface area contributed by atoms with Gasteiger partial charge in [0.25, 0.3) is 0 Å². The molecule has 0 saturated heterocycles. The first kappa shape index (κ1) is 23.5. The molecule has 0 aromatic heterocycles. The molecule has 140 valence electrons. The highest BCUT2D eigenvalue weighted by Gasteiger charge is 2.43. The summed E-state index contributed by atoms with van der Waals surface area (Å²) in [7, 11) is -3.72. The Hall–Kier alpha value is 0.491. The van der Waals surface area contributed by atoms with Gasteiger partial charge >= 0.3 is 0 Å². The lowest BCUT2D eigenvalue weighted by molar-refractivity contribution is 0.401. The summed E-state index contributed by atoms with van der Waals surface area (Å²) in [5.74, 6) is 0. The van der Waals surface area contributed by atoms with Gasteiger partial charge in [0.05, 0.1) is 0 Å². The molecule has 0 fully saturated rings. The van der Waals surface area contributed by atoms with Crippen molar-refractivity contribution in [1.82, 2.24) is 17.6 Å². The number of hydrogen-bond acceptors (Lipinski definition) is 4. The van der Waals surface area contributed by atoms with Crippen LogP contribution in [-0.2, 0) is 0 Å². The van der Waals surface area contributed by atoms with Gasteiger partial charge in [-0.05, 0) is 65.5 Å². The summed E-state index contributed by atoms with van der Waals surface area (Å²) < 4.78 is 11.4. The Labute approximate surface area is 151 Å². The molecule has 0 rings (SSSR count). The summed E-state index contributed by atoms with van der Waals surface area (Å²) in [6.07, 6.45) is 0. The van der Waals surface area contributed by atoms with Gasteiger partial charge in [-0.15, -0.1) is 0 Å². The van der Waals surface area contributed by atoms with Gasteiger partial charge in [0.1, 0.15) is 0 Å². The summed E-state index contributed by atoms with van der Waals surface area (Å²) in [6, 6.07) is 0. The van der Waals surface area contributed by atoms with E-state index in [2.05, 4.69) is 85.3 Å². The highest BCUT2D eigenvalue weighted by molar-refractivity contribution is 6.91. The normalized spacial score (nSPS) is 15.9. The molecular weight excluding hydrogens is 332 g/mol. The van der Waals surface area contributed by atoms with E-state index >= 15 is 0 Å². The zero-order chi connectivity index (χ0) is 18.2. The van der Waals surface area contributed by atoms with Gasteiger partial charge in [-0.25, -0.2) is 0 Å². The molecule has 0 aliphatic carbocycles. The highest BCUT2D eigenvalue weighted by atomic mass is 28.5. The molecule has 0 amide bonds. The van der Waals surface area contributed by atoms with Gasteiger partial charge in [-0.2, -0.15) is 0 Å². The molecule has 0 heterocycles. The van der Waals surface area contributed by atoms with Crippen molar-refractivity contribution < 1.29 is 0 Å². The molecule has 0 saturated carbocycles. The summed E-state index contributed by atoms with van der Waals surface area (Å²) in [5, 5.41) is 0. The first-order valence-corrected chi connectivity index (χ1v) is 17.0. The second-order valence-corrected chi connectivity index (χ2v) is 17.6. The zero-order valence-electron chi connectivity index (χ0n) is 17.7. The van der Waals surface area contributed by atoms with E-state index in [0.29, 0.717) is 0 Å². The van der Waals surface area contributed by atoms with E-state index in [9.17, 15) is 0 Å². The lowest BCUT2D eigenvalue weighted by Crippen LogP contribution is -2.75. The van der Waals surface area contributed by atoms with Crippen LogP contribution < -0.4 is 0 Å². The zero-order valence-corrected chi connectivity index (χ0v) is 21.0. The lowest BCUT2D eigenvalue weighted by Gasteiger charge is -2.53. The molecule has 2 unspecified atom stereocenters. The maximum atomic E-state index is 3.12. The summed E-state index contributed by atoms with van der Waals surface area (Å²) in [6.45, 7) is 31.5. The average Bonchev–Trinajstić information content (AvgIpc) is 2.50. The first-order chi connectivity index (χ1) is 10.8. The van der Waals surface area contributed by atoms with Gasteiger partial charge in [0.15, 0.2) is 26.6 Å². The van der Waals surface area contributed by atoms with Crippen molar-refractivity contribution in [2.24, 2.45) is 0 Å². The van der Waals surface area contributed by atoms with Crippen molar-refractivity contribution in [3.05, 3.63) is 0 Å². The standard InChI is InChI=1S/C16H44N4Si3/c1-11-17(12-2)21(7)20(22(8)18(13-3)14-4)23(9,10)19(15-5)16-6/h21-22H,11-16H2,1-10H3. The molecule has 0 aromatic rings. The fourth-order valence-corrected chi connectivity index (χ4v) is 21.8. The van der Waals surface area contributed by atoms with Gasteiger partial charge in [0, 0.05) is 0 Å². The average molecular weight is 377 g/mol. The third-order valence-electron chi connectivity index (χ3n) is 5.66. The van der Waals surface area contributed by atoms with Gasteiger partial charge in [-0.1, -0.05) is 41.5 Å². The predicted molar refractivity (Wildman–Crippen MR) is 114 cm³/mol. The van der Waals surface area contributed by atoms with E-state index in [4.69, 9.17) is 0 Å². The number of hydrogen-bond donors (Lipinski definition) is 0. The highest BCUT2D eigenvalue weighted by Crippen LogP contribution is 2.22. The van der Waals surface area contributed by atoms with Crippen LogP contribution in [0.4, 0.5) is 0 Å². The van der Waals surface area contributed by atoms with Gasteiger partial charge in [0.2, 0.25) is 0 Å². The molecule has 4 nitrogen and oxygen atoms in total. The first-order valence-electron chi connectivity index (χ1n) is 9.77. The molecule has 0 bridgehead atoms. The van der Waals surface area contributed by atoms with Gasteiger partial charge < -0.3 is 17.6 Å². The van der Waals surface area contributed by atoms with E-state index in [-0.39, 0.29) is 0 Å². The van der Waals surface area contributed by atoms with Crippen LogP contribution in [0.2, 0.25) is 26.2 Å². The molecule has 0 aromatic carbocycles. The molecule has 0 radical (unpaired) electrons. The summed E-state index contributed by atoms with van der Waals surface area (Å²) >= 11 is 0. The Morgan fingerprint density at radius 3 is 1.13 bits per heavy atom. The van der Waals surface area contributed by atoms with E-state index in [0.717, 1.165) is 0 Å². The van der Waals surface area contributed by atoms with Crippen LogP contribution in [0.15, 0.2) is 0 Å².